The number of hydrazine groups is 1. The maximum atomic E-state index is 11.6. The fraction of sp³-hybridized carbons (Fsp3) is 0.923. The summed E-state index contributed by atoms with van der Waals surface area (Å²) >= 11 is 0. The van der Waals surface area contributed by atoms with Gasteiger partial charge < -0.3 is 20.7 Å². The van der Waals surface area contributed by atoms with E-state index in [9.17, 15) is 4.79 Å². The van der Waals surface area contributed by atoms with Crippen LogP contribution in [-0.2, 0) is 4.74 Å². The average molecular weight is 287 g/mol. The molecule has 0 aromatic rings. The normalized spacial score (nSPS) is 19.6. The van der Waals surface area contributed by atoms with Gasteiger partial charge in [-0.2, -0.15) is 0 Å². The molecule has 0 aromatic heterocycles. The Morgan fingerprint density at radius 3 is 2.40 bits per heavy atom. The number of piperazine rings is 1. The Labute approximate surface area is 121 Å². The van der Waals surface area contributed by atoms with Crippen LogP contribution in [0.3, 0.4) is 0 Å². The minimum Gasteiger partial charge on any atom is -0.444 e. The summed E-state index contributed by atoms with van der Waals surface area (Å²) in [5.41, 5.74) is 8.62. The Kier molecular flexibility index (Phi) is 6.67. The number of carbonyl (C=O) groups excluding carboxylic acids is 1. The second-order valence-corrected chi connectivity index (χ2v) is 6.23. The zero-order chi connectivity index (χ0) is 15.2. The Bertz CT molecular complexity index is 298. The van der Waals surface area contributed by atoms with Crippen LogP contribution in [0.2, 0.25) is 0 Å². The molecule has 4 N–H and O–H groups in total. The summed E-state index contributed by atoms with van der Waals surface area (Å²) < 4.78 is 5.20. The lowest BCUT2D eigenvalue weighted by Crippen LogP contribution is -2.58. The Balaban J connectivity index is 2.27. The van der Waals surface area contributed by atoms with Gasteiger partial charge in [0.15, 0.2) is 0 Å². The summed E-state index contributed by atoms with van der Waals surface area (Å²) in [5, 5.41) is 4.91. The van der Waals surface area contributed by atoms with Gasteiger partial charge in [-0.3, -0.25) is 0 Å². The molecule has 7 heteroatoms. The van der Waals surface area contributed by atoms with E-state index in [1.807, 2.05) is 20.8 Å². The Hall–Kier alpha value is -0.890. The first-order chi connectivity index (χ1) is 9.30. The van der Waals surface area contributed by atoms with Crippen molar-refractivity contribution in [1.82, 2.24) is 20.7 Å². The molecule has 1 saturated heterocycles. The Morgan fingerprint density at radius 1 is 1.30 bits per heavy atom. The number of ether oxygens (including phenoxy) is 1. The van der Waals surface area contributed by atoms with Gasteiger partial charge in [-0.25, -0.2) is 15.2 Å². The van der Waals surface area contributed by atoms with Crippen LogP contribution in [0.5, 0.6) is 0 Å². The van der Waals surface area contributed by atoms with Crippen molar-refractivity contribution >= 4 is 6.09 Å². The molecule has 0 aromatic carbocycles. The molecule has 1 rings (SSSR count). The van der Waals surface area contributed by atoms with Crippen LogP contribution in [0.1, 0.15) is 20.8 Å². The largest absolute Gasteiger partial charge is 0.444 e. The lowest BCUT2D eigenvalue weighted by atomic mass is 10.2. The fourth-order valence-corrected chi connectivity index (χ4v) is 1.90. The molecule has 1 aliphatic heterocycles. The zero-order valence-electron chi connectivity index (χ0n) is 13.1. The third-order valence-corrected chi connectivity index (χ3v) is 3.04. The Morgan fingerprint density at radius 2 is 1.90 bits per heavy atom. The van der Waals surface area contributed by atoms with E-state index in [4.69, 9.17) is 10.5 Å². The molecule has 1 heterocycles. The monoisotopic (exact) mass is 287 g/mol. The highest BCUT2D eigenvalue weighted by Gasteiger charge is 2.19. The van der Waals surface area contributed by atoms with Crippen molar-refractivity contribution in [3.8, 4) is 0 Å². The molecule has 7 nitrogen and oxygen atoms in total. The maximum Gasteiger partial charge on any atom is 0.407 e. The minimum absolute atomic E-state index is 0.0194. The smallest absolute Gasteiger partial charge is 0.407 e. The van der Waals surface area contributed by atoms with Crippen molar-refractivity contribution in [3.63, 3.8) is 0 Å². The molecule has 0 radical (unpaired) electrons. The van der Waals surface area contributed by atoms with Crippen LogP contribution in [0, 0.1) is 0 Å². The van der Waals surface area contributed by atoms with Gasteiger partial charge in [0.25, 0.3) is 0 Å². The lowest BCUT2D eigenvalue weighted by molar-refractivity contribution is 0.0500. The lowest BCUT2D eigenvalue weighted by Gasteiger charge is -2.35. The predicted molar refractivity (Wildman–Crippen MR) is 79.3 cm³/mol. The highest BCUT2D eigenvalue weighted by molar-refractivity contribution is 5.67. The molecule has 1 atom stereocenters. The number of alkyl carbamates (subject to hydrolysis) is 1. The third-order valence-electron chi connectivity index (χ3n) is 3.04. The van der Waals surface area contributed by atoms with E-state index in [-0.39, 0.29) is 6.04 Å². The van der Waals surface area contributed by atoms with Crippen molar-refractivity contribution in [2.45, 2.75) is 32.4 Å². The summed E-state index contributed by atoms with van der Waals surface area (Å²) in [7, 11) is 2.11. The quantitative estimate of drug-likeness (QED) is 0.638. The second kappa shape index (κ2) is 7.78. The van der Waals surface area contributed by atoms with Gasteiger partial charge >= 0.3 is 6.09 Å². The molecular formula is C13H29N5O2. The van der Waals surface area contributed by atoms with Crippen LogP contribution in [0.4, 0.5) is 4.79 Å². The minimum atomic E-state index is -0.479. The van der Waals surface area contributed by atoms with E-state index in [2.05, 4.69) is 27.7 Å². The van der Waals surface area contributed by atoms with E-state index in [0.29, 0.717) is 13.1 Å². The molecular weight excluding hydrogens is 258 g/mol. The predicted octanol–water partition coefficient (Wildman–Crippen LogP) is -0.410. The average Bonchev–Trinajstić information content (AvgIpc) is 2.34. The summed E-state index contributed by atoms with van der Waals surface area (Å²) in [6, 6.07) is 0.0194. The van der Waals surface area contributed by atoms with Gasteiger partial charge in [0, 0.05) is 39.3 Å². The molecule has 1 unspecified atom stereocenters. The molecule has 0 spiro atoms. The van der Waals surface area contributed by atoms with Crippen molar-refractivity contribution in [1.29, 1.82) is 0 Å². The number of nitrogens with two attached hydrogens (primary N) is 1. The molecule has 0 saturated carbocycles. The van der Waals surface area contributed by atoms with Gasteiger partial charge in [0.2, 0.25) is 0 Å². The zero-order valence-corrected chi connectivity index (χ0v) is 13.1. The number of rotatable bonds is 5. The summed E-state index contributed by atoms with van der Waals surface area (Å²) in [6.07, 6.45) is -0.406. The maximum absolute atomic E-state index is 11.6. The topological polar surface area (TPSA) is 82.9 Å². The van der Waals surface area contributed by atoms with E-state index in [1.165, 1.54) is 0 Å². The number of amides is 1. The van der Waals surface area contributed by atoms with Crippen LogP contribution < -0.4 is 16.5 Å². The highest BCUT2D eigenvalue weighted by atomic mass is 16.6. The molecule has 1 amide bonds. The van der Waals surface area contributed by atoms with Crippen molar-refractivity contribution < 1.29 is 9.53 Å². The van der Waals surface area contributed by atoms with Gasteiger partial charge in [-0.1, -0.05) is 0 Å². The van der Waals surface area contributed by atoms with Crippen LogP contribution in [0.25, 0.3) is 0 Å². The first-order valence-corrected chi connectivity index (χ1v) is 7.17. The first kappa shape index (κ1) is 17.2. The highest BCUT2D eigenvalue weighted by Crippen LogP contribution is 2.06. The molecule has 1 aliphatic rings. The molecule has 20 heavy (non-hydrogen) atoms. The summed E-state index contributed by atoms with van der Waals surface area (Å²) in [4.78, 5) is 13.9. The van der Waals surface area contributed by atoms with Crippen LogP contribution >= 0.6 is 0 Å². The van der Waals surface area contributed by atoms with E-state index < -0.39 is 11.7 Å². The molecule has 0 bridgehead atoms. The first-order valence-electron chi connectivity index (χ1n) is 7.17. The summed E-state index contributed by atoms with van der Waals surface area (Å²) in [5.74, 6) is 0. The SMILES string of the molecule is CN1CCN(NC(CN)CNC(=O)OC(C)(C)C)CC1. The van der Waals surface area contributed by atoms with Crippen molar-refractivity contribution in [3.05, 3.63) is 0 Å². The second-order valence-electron chi connectivity index (χ2n) is 6.23. The molecule has 0 aliphatic carbocycles. The van der Waals surface area contributed by atoms with Gasteiger partial charge in [0.1, 0.15) is 5.60 Å². The number of hydrogen-bond donors (Lipinski definition) is 3. The van der Waals surface area contributed by atoms with E-state index in [1.54, 1.807) is 0 Å². The standard InChI is InChI=1S/C13H29N5O2/c1-13(2,3)20-12(19)15-10-11(9-14)16-18-7-5-17(4)6-8-18/h11,16H,5-10,14H2,1-4H3,(H,15,19). The van der Waals surface area contributed by atoms with Gasteiger partial charge in [-0.05, 0) is 27.8 Å². The van der Waals surface area contributed by atoms with Crippen molar-refractivity contribution in [2.24, 2.45) is 5.73 Å². The molecule has 1 fully saturated rings. The van der Waals surface area contributed by atoms with E-state index in [0.717, 1.165) is 26.2 Å². The van der Waals surface area contributed by atoms with Gasteiger partial charge in [-0.15, -0.1) is 0 Å². The van der Waals surface area contributed by atoms with E-state index >= 15 is 0 Å². The fourth-order valence-electron chi connectivity index (χ4n) is 1.90. The third kappa shape index (κ3) is 7.04. The number of carbonyl (C=O) groups is 1. The van der Waals surface area contributed by atoms with Crippen LogP contribution in [-0.4, -0.2) is 74.0 Å². The summed E-state index contributed by atoms with van der Waals surface area (Å²) in [6.45, 7) is 10.4. The van der Waals surface area contributed by atoms with Crippen molar-refractivity contribution in [2.75, 3.05) is 46.3 Å². The molecule has 118 valence electrons. The van der Waals surface area contributed by atoms with Crippen LogP contribution in [0.15, 0.2) is 0 Å². The number of likely N-dealkylation sites (N-methyl/N-ethyl adjacent to an activating group) is 1. The van der Waals surface area contributed by atoms with Gasteiger partial charge in [0.05, 0.1) is 6.04 Å². The number of nitrogens with zero attached hydrogens (tertiary/aromatic N) is 2. The number of hydrogen-bond acceptors (Lipinski definition) is 6. The number of nitrogens with one attached hydrogen (secondary N) is 2.